The summed E-state index contributed by atoms with van der Waals surface area (Å²) in [7, 11) is 0. The monoisotopic (exact) mass is 244 g/mol. The number of aryl methyl sites for hydroxylation is 1. The van der Waals surface area contributed by atoms with Gasteiger partial charge in [-0.3, -0.25) is 4.79 Å². The molecule has 2 N–H and O–H groups in total. The fourth-order valence-corrected chi connectivity index (χ4v) is 2.80. The van der Waals surface area contributed by atoms with Crippen LogP contribution in [-0.4, -0.2) is 5.91 Å². The summed E-state index contributed by atoms with van der Waals surface area (Å²) in [4.78, 5) is 13.1. The Bertz CT molecular complexity index is 563. The highest BCUT2D eigenvalue weighted by atomic mass is 32.1. The van der Waals surface area contributed by atoms with Gasteiger partial charge in [-0.15, -0.1) is 11.3 Å². The number of para-hydroxylation sites is 1. The number of rotatable bonds is 1. The van der Waals surface area contributed by atoms with E-state index in [-0.39, 0.29) is 11.9 Å². The van der Waals surface area contributed by atoms with Crippen molar-refractivity contribution in [3.63, 3.8) is 0 Å². The van der Waals surface area contributed by atoms with Crippen LogP contribution in [0.2, 0.25) is 0 Å². The summed E-state index contributed by atoms with van der Waals surface area (Å²) < 4.78 is 0. The second-order valence-corrected chi connectivity index (χ2v) is 5.06. The fourth-order valence-electron chi connectivity index (χ4n) is 2.03. The predicted octanol–water partition coefficient (Wildman–Crippen LogP) is 3.16. The summed E-state index contributed by atoms with van der Waals surface area (Å²) in [5, 5.41) is 8.24. The Hall–Kier alpha value is -1.81. The standard InChI is InChI=1S/C13H12N2OS/c1-8-4-2-5-9-11(8)15-13(16)12(14-9)10-6-3-7-17-10/h2-7,12,14H,1H3,(H,15,16). The summed E-state index contributed by atoms with van der Waals surface area (Å²) >= 11 is 1.59. The van der Waals surface area contributed by atoms with Gasteiger partial charge in [0.1, 0.15) is 6.04 Å². The second-order valence-electron chi connectivity index (χ2n) is 4.08. The van der Waals surface area contributed by atoms with Gasteiger partial charge in [0.15, 0.2) is 0 Å². The first kappa shape index (κ1) is 10.4. The van der Waals surface area contributed by atoms with E-state index in [1.807, 2.05) is 42.6 Å². The van der Waals surface area contributed by atoms with Gasteiger partial charge >= 0.3 is 0 Å². The summed E-state index contributed by atoms with van der Waals surface area (Å²) in [6, 6.07) is 9.63. The van der Waals surface area contributed by atoms with E-state index >= 15 is 0 Å². The number of thiophene rings is 1. The highest BCUT2D eigenvalue weighted by Crippen LogP contribution is 2.35. The van der Waals surface area contributed by atoms with Gasteiger partial charge in [-0.2, -0.15) is 0 Å². The SMILES string of the molecule is Cc1cccc2c1NC(=O)C(c1cccs1)N2. The van der Waals surface area contributed by atoms with Crippen LogP contribution in [0.25, 0.3) is 0 Å². The van der Waals surface area contributed by atoms with E-state index in [4.69, 9.17) is 0 Å². The molecule has 1 aliphatic heterocycles. The van der Waals surface area contributed by atoms with Gasteiger partial charge in [0.25, 0.3) is 5.91 Å². The average molecular weight is 244 g/mol. The molecule has 2 heterocycles. The quantitative estimate of drug-likeness (QED) is 0.809. The van der Waals surface area contributed by atoms with Crippen molar-refractivity contribution in [2.24, 2.45) is 0 Å². The Morgan fingerprint density at radius 2 is 2.12 bits per heavy atom. The summed E-state index contributed by atoms with van der Waals surface area (Å²) in [5.41, 5.74) is 2.96. The third-order valence-corrected chi connectivity index (χ3v) is 3.85. The molecule has 1 aromatic heterocycles. The molecular formula is C13H12N2OS. The summed E-state index contributed by atoms with van der Waals surface area (Å²) in [5.74, 6) is 0.00856. The minimum absolute atomic E-state index is 0.00856. The molecule has 0 radical (unpaired) electrons. The van der Waals surface area contributed by atoms with Crippen LogP contribution in [-0.2, 0) is 4.79 Å². The largest absolute Gasteiger partial charge is 0.368 e. The lowest BCUT2D eigenvalue weighted by Gasteiger charge is -2.27. The lowest BCUT2D eigenvalue weighted by atomic mass is 10.1. The smallest absolute Gasteiger partial charge is 0.252 e. The Labute approximate surface area is 103 Å². The molecule has 1 unspecified atom stereocenters. The maximum atomic E-state index is 12.0. The van der Waals surface area contributed by atoms with Gasteiger partial charge in [0.05, 0.1) is 11.4 Å². The Morgan fingerprint density at radius 3 is 2.88 bits per heavy atom. The van der Waals surface area contributed by atoms with Crippen molar-refractivity contribution in [1.29, 1.82) is 0 Å². The van der Waals surface area contributed by atoms with Crippen LogP contribution in [0.5, 0.6) is 0 Å². The number of fused-ring (bicyclic) bond motifs is 1. The third kappa shape index (κ3) is 1.70. The highest BCUT2D eigenvalue weighted by molar-refractivity contribution is 7.10. The van der Waals surface area contributed by atoms with E-state index < -0.39 is 0 Å². The molecule has 1 aromatic carbocycles. The molecule has 1 atom stereocenters. The number of carbonyl (C=O) groups excluding carboxylic acids is 1. The van der Waals surface area contributed by atoms with E-state index in [1.54, 1.807) is 11.3 Å². The van der Waals surface area contributed by atoms with Crippen LogP contribution in [0, 0.1) is 6.92 Å². The lowest BCUT2D eigenvalue weighted by Crippen LogP contribution is -2.31. The molecule has 1 aliphatic rings. The van der Waals surface area contributed by atoms with Gasteiger partial charge in [0, 0.05) is 4.88 Å². The Kier molecular flexibility index (Phi) is 2.37. The van der Waals surface area contributed by atoms with Gasteiger partial charge in [-0.1, -0.05) is 18.2 Å². The molecule has 3 rings (SSSR count). The molecule has 1 amide bonds. The van der Waals surface area contributed by atoms with Crippen molar-refractivity contribution in [2.75, 3.05) is 10.6 Å². The van der Waals surface area contributed by atoms with E-state index in [1.165, 1.54) is 0 Å². The molecule has 3 nitrogen and oxygen atoms in total. The van der Waals surface area contributed by atoms with Gasteiger partial charge in [-0.05, 0) is 30.0 Å². The predicted molar refractivity (Wildman–Crippen MR) is 70.5 cm³/mol. The van der Waals surface area contributed by atoms with Crippen molar-refractivity contribution < 1.29 is 4.79 Å². The Balaban J connectivity index is 2.01. The van der Waals surface area contributed by atoms with Gasteiger partial charge in [0.2, 0.25) is 0 Å². The number of benzene rings is 1. The molecule has 0 spiro atoms. The first-order valence-corrected chi connectivity index (χ1v) is 6.34. The number of nitrogens with one attached hydrogen (secondary N) is 2. The molecule has 0 saturated carbocycles. The zero-order chi connectivity index (χ0) is 11.8. The maximum Gasteiger partial charge on any atom is 0.252 e. The molecule has 4 heteroatoms. The summed E-state index contributed by atoms with van der Waals surface area (Å²) in [6.07, 6.45) is 0. The lowest BCUT2D eigenvalue weighted by molar-refractivity contribution is -0.117. The highest BCUT2D eigenvalue weighted by Gasteiger charge is 2.27. The van der Waals surface area contributed by atoms with E-state index in [9.17, 15) is 4.79 Å². The van der Waals surface area contributed by atoms with Crippen molar-refractivity contribution in [3.05, 3.63) is 46.2 Å². The van der Waals surface area contributed by atoms with Crippen LogP contribution >= 0.6 is 11.3 Å². The number of anilines is 2. The molecule has 86 valence electrons. The molecule has 17 heavy (non-hydrogen) atoms. The zero-order valence-corrected chi connectivity index (χ0v) is 10.2. The zero-order valence-electron chi connectivity index (χ0n) is 9.36. The maximum absolute atomic E-state index is 12.0. The van der Waals surface area contributed by atoms with Crippen LogP contribution in [0.4, 0.5) is 11.4 Å². The topological polar surface area (TPSA) is 41.1 Å². The van der Waals surface area contributed by atoms with Crippen LogP contribution in [0.3, 0.4) is 0 Å². The number of hydrogen-bond donors (Lipinski definition) is 2. The first-order chi connectivity index (χ1) is 8.25. The third-order valence-electron chi connectivity index (χ3n) is 2.91. The van der Waals surface area contributed by atoms with E-state index in [2.05, 4.69) is 10.6 Å². The van der Waals surface area contributed by atoms with Gasteiger partial charge in [-0.25, -0.2) is 0 Å². The van der Waals surface area contributed by atoms with Crippen LogP contribution in [0.1, 0.15) is 16.5 Å². The Morgan fingerprint density at radius 1 is 1.24 bits per heavy atom. The molecule has 0 saturated heterocycles. The minimum Gasteiger partial charge on any atom is -0.368 e. The molecule has 0 aliphatic carbocycles. The normalized spacial score (nSPS) is 18.2. The van der Waals surface area contributed by atoms with Crippen LogP contribution < -0.4 is 10.6 Å². The number of hydrogen-bond acceptors (Lipinski definition) is 3. The van der Waals surface area contributed by atoms with E-state index in [0.29, 0.717) is 0 Å². The van der Waals surface area contributed by atoms with E-state index in [0.717, 1.165) is 21.8 Å². The number of carbonyl (C=O) groups is 1. The molecule has 0 bridgehead atoms. The molecule has 2 aromatic rings. The minimum atomic E-state index is -0.274. The molecule has 0 fully saturated rings. The molecular weight excluding hydrogens is 232 g/mol. The van der Waals surface area contributed by atoms with Gasteiger partial charge < -0.3 is 10.6 Å². The first-order valence-electron chi connectivity index (χ1n) is 5.46. The van der Waals surface area contributed by atoms with Crippen molar-refractivity contribution in [3.8, 4) is 0 Å². The summed E-state index contributed by atoms with van der Waals surface area (Å²) in [6.45, 7) is 1.99. The fraction of sp³-hybridized carbons (Fsp3) is 0.154. The number of amides is 1. The van der Waals surface area contributed by atoms with Crippen molar-refractivity contribution in [1.82, 2.24) is 0 Å². The van der Waals surface area contributed by atoms with Crippen LogP contribution in [0.15, 0.2) is 35.7 Å². The second kappa shape index (κ2) is 3.89. The average Bonchev–Trinajstić information content (AvgIpc) is 2.83. The van der Waals surface area contributed by atoms with Crippen molar-refractivity contribution >= 4 is 28.6 Å². The van der Waals surface area contributed by atoms with Crippen molar-refractivity contribution in [2.45, 2.75) is 13.0 Å².